The van der Waals surface area contributed by atoms with Crippen LogP contribution in [0.25, 0.3) is 0 Å². The summed E-state index contributed by atoms with van der Waals surface area (Å²) in [6, 6.07) is 0. The third-order valence-corrected chi connectivity index (χ3v) is 2.61. The van der Waals surface area contributed by atoms with E-state index in [4.69, 9.17) is 5.11 Å². The van der Waals surface area contributed by atoms with Crippen molar-refractivity contribution in [3.05, 3.63) is 12.2 Å². The average Bonchev–Trinajstić information content (AvgIpc) is 2.86. The third kappa shape index (κ3) is 1.13. The van der Waals surface area contributed by atoms with E-state index in [0.717, 1.165) is 4.90 Å². The maximum Gasteiger partial charge on any atom is 0.332 e. The van der Waals surface area contributed by atoms with Crippen LogP contribution in [0.3, 0.4) is 0 Å². The first-order valence-electron chi connectivity index (χ1n) is 4.28. The van der Waals surface area contributed by atoms with Crippen LogP contribution in [0.15, 0.2) is 12.2 Å². The molecule has 0 aromatic heterocycles. The summed E-state index contributed by atoms with van der Waals surface area (Å²) in [5.41, 5.74) is -0.131. The smallest absolute Gasteiger partial charge is 0.332 e. The zero-order chi connectivity index (χ0) is 10.5. The molecule has 2 rings (SSSR count). The van der Waals surface area contributed by atoms with E-state index in [1.807, 2.05) is 0 Å². The first kappa shape index (κ1) is 8.93. The zero-order valence-corrected chi connectivity index (χ0v) is 7.40. The number of fused-ring (bicyclic) bond motifs is 1. The summed E-state index contributed by atoms with van der Waals surface area (Å²) < 4.78 is 0. The van der Waals surface area contributed by atoms with E-state index in [1.165, 1.54) is 0 Å². The van der Waals surface area contributed by atoms with Gasteiger partial charge in [-0.15, -0.1) is 0 Å². The van der Waals surface area contributed by atoms with Gasteiger partial charge in [0.05, 0.1) is 18.4 Å². The lowest BCUT2D eigenvalue weighted by atomic mass is 10.2. The predicted molar refractivity (Wildman–Crippen MR) is 45.1 cm³/mol. The van der Waals surface area contributed by atoms with E-state index in [9.17, 15) is 14.4 Å². The number of carbonyl (C=O) groups excluding carboxylic acids is 2. The van der Waals surface area contributed by atoms with Gasteiger partial charge in [0.2, 0.25) is 11.8 Å². The number of carbonyl (C=O) groups is 3. The van der Waals surface area contributed by atoms with E-state index < -0.39 is 5.97 Å². The fourth-order valence-corrected chi connectivity index (χ4v) is 1.66. The van der Waals surface area contributed by atoms with Crippen molar-refractivity contribution in [1.82, 2.24) is 4.90 Å². The van der Waals surface area contributed by atoms with Gasteiger partial charge in [-0.25, -0.2) is 4.79 Å². The third-order valence-electron chi connectivity index (χ3n) is 2.61. The highest BCUT2D eigenvalue weighted by Crippen LogP contribution is 2.46. The number of aliphatic carboxylic acids is 1. The van der Waals surface area contributed by atoms with Crippen molar-refractivity contribution in [2.75, 3.05) is 6.54 Å². The first-order chi connectivity index (χ1) is 6.52. The average molecular weight is 195 g/mol. The monoisotopic (exact) mass is 195 g/mol. The molecule has 1 saturated heterocycles. The lowest BCUT2D eigenvalue weighted by molar-refractivity contribution is -0.141. The molecule has 1 heterocycles. The minimum absolute atomic E-state index is 0.131. The predicted octanol–water partition coefficient (Wildman–Crippen LogP) is -0.368. The quantitative estimate of drug-likeness (QED) is 0.492. The van der Waals surface area contributed by atoms with Crippen LogP contribution in [0, 0.1) is 11.8 Å². The lowest BCUT2D eigenvalue weighted by Crippen LogP contribution is -2.35. The molecule has 5 heteroatoms. The van der Waals surface area contributed by atoms with E-state index >= 15 is 0 Å². The molecule has 0 bridgehead atoms. The summed E-state index contributed by atoms with van der Waals surface area (Å²) in [7, 11) is 0. The van der Waals surface area contributed by atoms with Gasteiger partial charge in [0, 0.05) is 5.57 Å². The van der Waals surface area contributed by atoms with Crippen LogP contribution in [0.4, 0.5) is 0 Å². The van der Waals surface area contributed by atoms with Crippen LogP contribution in [-0.2, 0) is 14.4 Å². The molecule has 5 nitrogen and oxygen atoms in total. The summed E-state index contributed by atoms with van der Waals surface area (Å²) in [6.45, 7) is 3.10. The molecule has 2 aliphatic rings. The van der Waals surface area contributed by atoms with Crippen LogP contribution in [0.2, 0.25) is 0 Å². The minimum atomic E-state index is -1.17. The second kappa shape index (κ2) is 2.67. The number of nitrogens with zero attached hydrogens (tertiary/aromatic N) is 1. The maximum absolute atomic E-state index is 11.4. The molecule has 1 aliphatic heterocycles. The van der Waals surface area contributed by atoms with Gasteiger partial charge < -0.3 is 5.11 Å². The molecule has 2 atom stereocenters. The Bertz CT molecular complexity index is 340. The fourth-order valence-electron chi connectivity index (χ4n) is 1.66. The number of carboxylic acids is 1. The van der Waals surface area contributed by atoms with Gasteiger partial charge in [0.25, 0.3) is 0 Å². The molecule has 2 unspecified atom stereocenters. The molecule has 1 saturated carbocycles. The molecular formula is C9H9NO4. The van der Waals surface area contributed by atoms with Crippen LogP contribution >= 0.6 is 0 Å². The molecule has 0 aromatic rings. The van der Waals surface area contributed by atoms with Crippen molar-refractivity contribution in [2.45, 2.75) is 6.42 Å². The number of hydrogen-bond donors (Lipinski definition) is 1. The summed E-state index contributed by atoms with van der Waals surface area (Å²) in [5.74, 6) is -2.02. The van der Waals surface area contributed by atoms with Gasteiger partial charge in [0.1, 0.15) is 0 Å². The Morgan fingerprint density at radius 3 is 2.36 bits per heavy atom. The molecule has 0 radical (unpaired) electrons. The van der Waals surface area contributed by atoms with Crippen LogP contribution in [-0.4, -0.2) is 34.3 Å². The van der Waals surface area contributed by atoms with Gasteiger partial charge in [-0.3, -0.25) is 14.5 Å². The van der Waals surface area contributed by atoms with Crippen LogP contribution in [0.1, 0.15) is 6.42 Å². The number of hydrogen-bond acceptors (Lipinski definition) is 3. The highest BCUT2D eigenvalue weighted by Gasteiger charge is 2.58. The van der Waals surface area contributed by atoms with Crippen molar-refractivity contribution in [3.8, 4) is 0 Å². The maximum atomic E-state index is 11.4. The minimum Gasteiger partial charge on any atom is -0.478 e. The number of imide groups is 1. The Morgan fingerprint density at radius 1 is 1.43 bits per heavy atom. The Morgan fingerprint density at radius 2 is 1.93 bits per heavy atom. The van der Waals surface area contributed by atoms with Crippen LogP contribution < -0.4 is 0 Å². The van der Waals surface area contributed by atoms with E-state index in [1.54, 1.807) is 0 Å². The Hall–Kier alpha value is -1.65. The normalized spacial score (nSPS) is 29.0. The van der Waals surface area contributed by atoms with Crippen molar-refractivity contribution in [3.63, 3.8) is 0 Å². The molecule has 0 aromatic carbocycles. The highest BCUT2D eigenvalue weighted by molar-refractivity contribution is 6.09. The number of rotatable bonds is 3. The molecule has 0 spiro atoms. The molecule has 74 valence electrons. The van der Waals surface area contributed by atoms with Crippen molar-refractivity contribution >= 4 is 17.8 Å². The second-order valence-electron chi connectivity index (χ2n) is 3.62. The number of amides is 2. The largest absolute Gasteiger partial charge is 0.478 e. The van der Waals surface area contributed by atoms with Gasteiger partial charge in [-0.1, -0.05) is 6.58 Å². The fraction of sp³-hybridized carbons (Fsp3) is 0.444. The van der Waals surface area contributed by atoms with Crippen LogP contribution in [0.5, 0.6) is 0 Å². The second-order valence-corrected chi connectivity index (χ2v) is 3.62. The molecule has 1 aliphatic carbocycles. The topological polar surface area (TPSA) is 74.7 Å². The Balaban J connectivity index is 2.06. The SMILES string of the molecule is C=C(CN1C(=O)C2CC2C1=O)C(=O)O. The number of carboxylic acid groups (broad SMARTS) is 1. The highest BCUT2D eigenvalue weighted by atomic mass is 16.4. The lowest BCUT2D eigenvalue weighted by Gasteiger charge is -2.15. The summed E-state index contributed by atoms with van der Waals surface area (Å²) in [6.07, 6.45) is 0.633. The van der Waals surface area contributed by atoms with E-state index in [2.05, 4.69) is 6.58 Å². The summed E-state index contributed by atoms with van der Waals surface area (Å²) >= 11 is 0. The van der Waals surface area contributed by atoms with Gasteiger partial charge in [-0.05, 0) is 6.42 Å². The van der Waals surface area contributed by atoms with Crippen molar-refractivity contribution in [2.24, 2.45) is 11.8 Å². The van der Waals surface area contributed by atoms with E-state index in [0.29, 0.717) is 6.42 Å². The molecule has 1 N–H and O–H groups in total. The van der Waals surface area contributed by atoms with Gasteiger partial charge >= 0.3 is 5.97 Å². The summed E-state index contributed by atoms with van der Waals surface area (Å²) in [4.78, 5) is 34.2. The Kier molecular flexibility index (Phi) is 1.70. The first-order valence-corrected chi connectivity index (χ1v) is 4.28. The standard InChI is InChI=1S/C9H9NO4/c1-4(9(13)14)3-10-7(11)5-2-6(5)8(10)12/h5-6H,1-3H2,(H,13,14). The van der Waals surface area contributed by atoms with Gasteiger partial charge in [-0.2, -0.15) is 0 Å². The number of piperidine rings is 1. The molecule has 2 fully saturated rings. The van der Waals surface area contributed by atoms with Gasteiger partial charge in [0.15, 0.2) is 0 Å². The Labute approximate surface area is 80.0 Å². The zero-order valence-electron chi connectivity index (χ0n) is 7.40. The number of likely N-dealkylation sites (tertiary alicyclic amines) is 1. The molecule has 14 heavy (non-hydrogen) atoms. The summed E-state index contributed by atoms with van der Waals surface area (Å²) in [5, 5.41) is 8.54. The molecular weight excluding hydrogens is 186 g/mol. The van der Waals surface area contributed by atoms with E-state index in [-0.39, 0.29) is 35.8 Å². The van der Waals surface area contributed by atoms with Crippen molar-refractivity contribution in [1.29, 1.82) is 0 Å². The molecule has 2 amide bonds. The van der Waals surface area contributed by atoms with Crippen molar-refractivity contribution < 1.29 is 19.5 Å².